The van der Waals surface area contributed by atoms with Crippen molar-refractivity contribution in [2.45, 2.75) is 5.16 Å². The van der Waals surface area contributed by atoms with E-state index in [-0.39, 0.29) is 18.5 Å². The van der Waals surface area contributed by atoms with Gasteiger partial charge < -0.3 is 14.4 Å². The van der Waals surface area contributed by atoms with Crippen molar-refractivity contribution in [3.63, 3.8) is 0 Å². The number of thioether (sulfide) groups is 1. The van der Waals surface area contributed by atoms with Crippen LogP contribution < -0.4 is 19.8 Å². The number of amides is 1. The van der Waals surface area contributed by atoms with Gasteiger partial charge >= 0.3 is 0 Å². The van der Waals surface area contributed by atoms with E-state index in [0.717, 1.165) is 22.5 Å². The van der Waals surface area contributed by atoms with E-state index in [2.05, 4.69) is 20.7 Å². The summed E-state index contributed by atoms with van der Waals surface area (Å²) in [4.78, 5) is 14.5. The maximum atomic E-state index is 12.5. The third kappa shape index (κ3) is 5.18. The summed E-state index contributed by atoms with van der Waals surface area (Å²) in [5, 5.41) is 13.4. The maximum absolute atomic E-state index is 12.5. The average molecular weight is 501 g/mol. The topological polar surface area (TPSA) is 93.9 Å². The zero-order valence-corrected chi connectivity index (χ0v) is 20.6. The summed E-state index contributed by atoms with van der Waals surface area (Å²) in [6.45, 7) is 0.199. The Morgan fingerprint density at radius 1 is 1.06 bits per heavy atom. The van der Waals surface area contributed by atoms with Crippen molar-refractivity contribution in [2.24, 2.45) is 5.10 Å². The van der Waals surface area contributed by atoms with Gasteiger partial charge in [-0.25, -0.2) is 5.43 Å². The lowest BCUT2D eigenvalue weighted by atomic mass is 10.2. The van der Waals surface area contributed by atoms with E-state index in [1.807, 2.05) is 96.4 Å². The first kappa shape index (κ1) is 23.4. The lowest BCUT2D eigenvalue weighted by Crippen LogP contribution is -2.20. The number of nitrogens with zero attached hydrogens (tertiary/aromatic N) is 5. The standard InChI is InChI=1S/C26H24N6O3S/c1-31(2)20-11-8-18(9-12-20)15-27-28-24(33)16-36-26-30-29-25(32(26)21-6-4-3-5-7-21)19-10-13-22-23(14-19)35-17-34-22/h3-15H,16-17H2,1-2H3,(H,28,33). The quantitative estimate of drug-likeness (QED) is 0.222. The lowest BCUT2D eigenvalue weighted by Gasteiger charge is -2.11. The van der Waals surface area contributed by atoms with Crippen molar-refractivity contribution in [3.05, 3.63) is 78.4 Å². The van der Waals surface area contributed by atoms with E-state index in [9.17, 15) is 4.79 Å². The molecule has 36 heavy (non-hydrogen) atoms. The van der Waals surface area contributed by atoms with Gasteiger partial charge in [-0.15, -0.1) is 10.2 Å². The van der Waals surface area contributed by atoms with Crippen LogP contribution in [0.1, 0.15) is 5.56 Å². The van der Waals surface area contributed by atoms with Gasteiger partial charge in [-0.1, -0.05) is 42.1 Å². The fraction of sp³-hybridized carbons (Fsp3) is 0.154. The summed E-state index contributed by atoms with van der Waals surface area (Å²) >= 11 is 1.28. The number of benzene rings is 3. The van der Waals surface area contributed by atoms with Crippen LogP contribution in [-0.4, -0.2) is 53.5 Å². The Labute approximate surface area is 212 Å². The number of fused-ring (bicyclic) bond motifs is 1. The zero-order chi connectivity index (χ0) is 24.9. The normalized spacial score (nSPS) is 12.2. The Hall–Kier alpha value is -4.31. The summed E-state index contributed by atoms with van der Waals surface area (Å²) < 4.78 is 12.9. The molecule has 0 bridgehead atoms. The molecule has 3 aromatic carbocycles. The summed E-state index contributed by atoms with van der Waals surface area (Å²) in [6.07, 6.45) is 1.62. The monoisotopic (exact) mass is 500 g/mol. The second kappa shape index (κ2) is 10.5. The highest BCUT2D eigenvalue weighted by atomic mass is 32.2. The van der Waals surface area contributed by atoms with Crippen molar-refractivity contribution >= 4 is 29.6 Å². The number of aromatic nitrogens is 3. The van der Waals surface area contributed by atoms with Gasteiger partial charge in [0.25, 0.3) is 5.91 Å². The summed E-state index contributed by atoms with van der Waals surface area (Å²) in [5.74, 6) is 1.89. The van der Waals surface area contributed by atoms with E-state index in [1.165, 1.54) is 11.8 Å². The first-order valence-electron chi connectivity index (χ1n) is 11.2. The van der Waals surface area contributed by atoms with E-state index in [1.54, 1.807) is 6.21 Å². The number of para-hydroxylation sites is 1. The molecule has 182 valence electrons. The molecule has 10 heteroatoms. The largest absolute Gasteiger partial charge is 0.454 e. The second-order valence-corrected chi connectivity index (χ2v) is 9.06. The molecule has 0 aliphatic carbocycles. The van der Waals surface area contributed by atoms with E-state index < -0.39 is 0 Å². The number of carbonyl (C=O) groups is 1. The first-order valence-corrected chi connectivity index (χ1v) is 12.2. The van der Waals surface area contributed by atoms with Crippen LogP contribution in [0.15, 0.2) is 83.1 Å². The molecule has 0 unspecified atom stereocenters. The van der Waals surface area contributed by atoms with Crippen molar-refractivity contribution in [2.75, 3.05) is 31.5 Å². The van der Waals surface area contributed by atoms with Crippen LogP contribution in [0.4, 0.5) is 5.69 Å². The molecule has 2 heterocycles. The molecule has 0 spiro atoms. The van der Waals surface area contributed by atoms with Crippen molar-refractivity contribution in [3.8, 4) is 28.6 Å². The third-order valence-electron chi connectivity index (χ3n) is 5.42. The molecule has 0 atom stereocenters. The van der Waals surface area contributed by atoms with Crippen LogP contribution in [0, 0.1) is 0 Å². The molecular weight excluding hydrogens is 476 g/mol. The maximum Gasteiger partial charge on any atom is 0.250 e. The van der Waals surface area contributed by atoms with Gasteiger partial charge in [-0.3, -0.25) is 9.36 Å². The van der Waals surface area contributed by atoms with Gasteiger partial charge in [0.2, 0.25) is 6.79 Å². The number of ether oxygens (including phenoxy) is 2. The van der Waals surface area contributed by atoms with Crippen molar-refractivity contribution in [1.29, 1.82) is 0 Å². The second-order valence-electron chi connectivity index (χ2n) is 8.11. The molecule has 1 aromatic heterocycles. The van der Waals surface area contributed by atoms with E-state index in [4.69, 9.17) is 9.47 Å². The highest BCUT2D eigenvalue weighted by Crippen LogP contribution is 2.37. The van der Waals surface area contributed by atoms with Crippen molar-refractivity contribution < 1.29 is 14.3 Å². The number of hydrogen-bond acceptors (Lipinski definition) is 8. The molecule has 0 fully saturated rings. The Bertz CT molecular complexity index is 1390. The first-order chi connectivity index (χ1) is 17.6. The molecule has 5 rings (SSSR count). The van der Waals surface area contributed by atoms with Gasteiger partial charge in [-0.05, 0) is 48.0 Å². The number of hydrogen-bond donors (Lipinski definition) is 1. The molecule has 1 N–H and O–H groups in total. The Kier molecular flexibility index (Phi) is 6.85. The van der Waals surface area contributed by atoms with Crippen LogP contribution in [0.3, 0.4) is 0 Å². The Morgan fingerprint density at radius 3 is 2.61 bits per heavy atom. The van der Waals surface area contributed by atoms with E-state index >= 15 is 0 Å². The Balaban J connectivity index is 1.30. The Morgan fingerprint density at radius 2 is 1.83 bits per heavy atom. The molecular formula is C26H24N6O3S. The predicted molar refractivity (Wildman–Crippen MR) is 140 cm³/mol. The molecule has 9 nitrogen and oxygen atoms in total. The molecule has 0 saturated heterocycles. The van der Waals surface area contributed by atoms with E-state index in [0.29, 0.717) is 22.5 Å². The van der Waals surface area contributed by atoms with Gasteiger partial charge in [-0.2, -0.15) is 5.10 Å². The fourth-order valence-corrected chi connectivity index (χ4v) is 4.34. The average Bonchev–Trinajstić information content (AvgIpc) is 3.55. The minimum atomic E-state index is -0.242. The molecule has 1 aliphatic heterocycles. The lowest BCUT2D eigenvalue weighted by molar-refractivity contribution is -0.118. The van der Waals surface area contributed by atoms with Crippen LogP contribution in [-0.2, 0) is 4.79 Å². The molecule has 0 radical (unpaired) electrons. The number of hydrazone groups is 1. The van der Waals surface area contributed by atoms with Gasteiger partial charge in [0, 0.05) is 31.0 Å². The number of rotatable bonds is 8. The van der Waals surface area contributed by atoms with Gasteiger partial charge in [0.1, 0.15) is 0 Å². The highest BCUT2D eigenvalue weighted by molar-refractivity contribution is 7.99. The zero-order valence-electron chi connectivity index (χ0n) is 19.8. The smallest absolute Gasteiger partial charge is 0.250 e. The third-order valence-corrected chi connectivity index (χ3v) is 6.35. The van der Waals surface area contributed by atoms with Crippen LogP contribution in [0.5, 0.6) is 11.5 Å². The SMILES string of the molecule is CN(C)c1ccc(C=NNC(=O)CSc2nnc(-c3ccc4c(c3)OCO4)n2-c2ccccc2)cc1. The molecule has 4 aromatic rings. The summed E-state index contributed by atoms with van der Waals surface area (Å²) in [6, 6.07) is 23.3. The molecule has 1 amide bonds. The number of carbonyl (C=O) groups excluding carboxylic acids is 1. The van der Waals surface area contributed by atoms with Gasteiger partial charge in [0.15, 0.2) is 22.5 Å². The van der Waals surface area contributed by atoms with Crippen LogP contribution in [0.25, 0.3) is 17.1 Å². The predicted octanol–water partition coefficient (Wildman–Crippen LogP) is 3.97. The minimum Gasteiger partial charge on any atom is -0.454 e. The van der Waals surface area contributed by atoms with Crippen LogP contribution >= 0.6 is 11.8 Å². The van der Waals surface area contributed by atoms with Crippen LogP contribution in [0.2, 0.25) is 0 Å². The number of anilines is 1. The highest BCUT2D eigenvalue weighted by Gasteiger charge is 2.20. The number of nitrogens with one attached hydrogen (secondary N) is 1. The molecule has 1 aliphatic rings. The molecule has 0 saturated carbocycles. The summed E-state index contributed by atoms with van der Waals surface area (Å²) in [5.41, 5.74) is 6.28. The van der Waals surface area contributed by atoms with Gasteiger partial charge in [0.05, 0.1) is 12.0 Å². The minimum absolute atomic E-state index is 0.128. The summed E-state index contributed by atoms with van der Waals surface area (Å²) in [7, 11) is 3.97. The fourth-order valence-electron chi connectivity index (χ4n) is 3.60. The van der Waals surface area contributed by atoms with Crippen molar-refractivity contribution in [1.82, 2.24) is 20.2 Å².